The van der Waals surface area contributed by atoms with E-state index >= 15 is 0 Å². The number of carbonyl (C=O) groups is 2. The van der Waals surface area contributed by atoms with Gasteiger partial charge in [0.2, 0.25) is 0 Å². The molecule has 3 heterocycles. The van der Waals surface area contributed by atoms with E-state index in [9.17, 15) is 9.59 Å². The molecule has 1 aromatic heterocycles. The summed E-state index contributed by atoms with van der Waals surface area (Å²) in [4.78, 5) is 25.2. The summed E-state index contributed by atoms with van der Waals surface area (Å²) >= 11 is 0. The van der Waals surface area contributed by atoms with E-state index in [2.05, 4.69) is 5.32 Å². The Hall–Kier alpha value is -1.66. The number of Topliss-reactive ketones (excluding diaryl/α,β-unsaturated/α-hetero) is 1. The minimum atomic E-state index is -0.188. The molecule has 2 aliphatic heterocycles. The van der Waals surface area contributed by atoms with Crippen LogP contribution in [0.3, 0.4) is 0 Å². The molecule has 25 heavy (non-hydrogen) atoms. The molecular formula is C19H25NO5. The molecule has 0 aromatic carbocycles. The molecule has 1 aliphatic carbocycles. The van der Waals surface area contributed by atoms with Gasteiger partial charge >= 0.3 is 0 Å². The van der Waals surface area contributed by atoms with Crippen molar-refractivity contribution in [2.75, 3.05) is 19.8 Å². The van der Waals surface area contributed by atoms with Crippen LogP contribution in [0.15, 0.2) is 4.42 Å². The molecule has 3 aliphatic rings. The number of hydrogen-bond acceptors (Lipinski definition) is 5. The predicted molar refractivity (Wildman–Crippen MR) is 89.9 cm³/mol. The predicted octanol–water partition coefficient (Wildman–Crippen LogP) is 2.57. The Balaban J connectivity index is 1.51. The summed E-state index contributed by atoms with van der Waals surface area (Å²) in [5.41, 5.74) is 0.774. The summed E-state index contributed by atoms with van der Waals surface area (Å²) in [5.74, 6) is 1.06. The molecule has 4 rings (SSSR count). The third kappa shape index (κ3) is 3.13. The number of nitrogens with one attached hydrogen (secondary N) is 1. The zero-order valence-corrected chi connectivity index (χ0v) is 14.7. The fraction of sp³-hybridized carbons (Fsp3) is 0.684. The summed E-state index contributed by atoms with van der Waals surface area (Å²) in [6, 6.07) is 0.0583. The average Bonchev–Trinajstić information content (AvgIpc) is 2.93. The highest BCUT2D eigenvalue weighted by molar-refractivity contribution is 6.10. The SMILES string of the molecule is Cc1oc2c(c1C(=O)N[C@H]1CCOC3(CCOCC3)C1)C(=O)CCC2. The normalized spacial score (nSPS) is 25.6. The maximum Gasteiger partial charge on any atom is 0.255 e. The number of carbonyl (C=O) groups excluding carboxylic acids is 2. The molecule has 2 fully saturated rings. The van der Waals surface area contributed by atoms with Crippen LogP contribution in [0.1, 0.15) is 70.8 Å². The van der Waals surface area contributed by atoms with Gasteiger partial charge in [-0.2, -0.15) is 0 Å². The molecule has 6 nitrogen and oxygen atoms in total. The summed E-state index contributed by atoms with van der Waals surface area (Å²) in [6.45, 7) is 3.84. The van der Waals surface area contributed by atoms with Crippen LogP contribution in [0.2, 0.25) is 0 Å². The van der Waals surface area contributed by atoms with Gasteiger partial charge in [0, 0.05) is 38.7 Å². The van der Waals surface area contributed by atoms with Crippen molar-refractivity contribution in [3.8, 4) is 0 Å². The largest absolute Gasteiger partial charge is 0.465 e. The van der Waals surface area contributed by atoms with Crippen molar-refractivity contribution in [3.05, 3.63) is 22.6 Å². The van der Waals surface area contributed by atoms with Crippen LogP contribution in [0.5, 0.6) is 0 Å². The second kappa shape index (κ2) is 6.57. The third-order valence-corrected chi connectivity index (χ3v) is 5.70. The molecule has 1 atom stereocenters. The summed E-state index contributed by atoms with van der Waals surface area (Å²) < 4.78 is 17.2. The fourth-order valence-electron chi connectivity index (χ4n) is 4.38. The van der Waals surface area contributed by atoms with E-state index in [0.717, 1.165) is 38.5 Å². The van der Waals surface area contributed by atoms with Crippen LogP contribution in [0, 0.1) is 6.92 Å². The number of hydrogen-bond donors (Lipinski definition) is 1. The Bertz CT molecular complexity index is 681. The number of furan rings is 1. The first kappa shape index (κ1) is 16.8. The summed E-state index contributed by atoms with van der Waals surface area (Å²) in [7, 11) is 0. The van der Waals surface area contributed by atoms with Crippen molar-refractivity contribution in [1.29, 1.82) is 0 Å². The van der Waals surface area contributed by atoms with Crippen LogP contribution in [-0.2, 0) is 15.9 Å². The molecular weight excluding hydrogens is 322 g/mol. The van der Waals surface area contributed by atoms with Crippen molar-refractivity contribution >= 4 is 11.7 Å². The lowest BCUT2D eigenvalue weighted by atomic mass is 9.84. The molecule has 1 spiro atoms. The number of aryl methyl sites for hydroxylation is 2. The van der Waals surface area contributed by atoms with Gasteiger partial charge in [-0.05, 0) is 39.0 Å². The van der Waals surface area contributed by atoms with E-state index in [-0.39, 0.29) is 23.3 Å². The van der Waals surface area contributed by atoms with Crippen molar-refractivity contribution in [3.63, 3.8) is 0 Å². The van der Waals surface area contributed by atoms with E-state index in [0.29, 0.717) is 48.9 Å². The summed E-state index contributed by atoms with van der Waals surface area (Å²) in [5, 5.41) is 3.13. The Kier molecular flexibility index (Phi) is 4.41. The smallest absolute Gasteiger partial charge is 0.255 e. The van der Waals surface area contributed by atoms with Gasteiger partial charge in [-0.1, -0.05) is 0 Å². The molecule has 0 saturated carbocycles. The van der Waals surface area contributed by atoms with Crippen LogP contribution in [-0.4, -0.2) is 43.2 Å². The molecule has 0 bridgehead atoms. The topological polar surface area (TPSA) is 77.8 Å². The van der Waals surface area contributed by atoms with Gasteiger partial charge in [0.05, 0.1) is 16.7 Å². The molecule has 2 saturated heterocycles. The molecule has 1 aromatic rings. The number of fused-ring (bicyclic) bond motifs is 1. The first-order chi connectivity index (χ1) is 12.1. The van der Waals surface area contributed by atoms with Gasteiger partial charge in [-0.25, -0.2) is 0 Å². The van der Waals surface area contributed by atoms with Gasteiger partial charge in [0.25, 0.3) is 5.91 Å². The van der Waals surface area contributed by atoms with Gasteiger partial charge in [-0.3, -0.25) is 9.59 Å². The number of rotatable bonds is 2. The van der Waals surface area contributed by atoms with Crippen molar-refractivity contribution in [1.82, 2.24) is 5.32 Å². The highest BCUT2D eigenvalue weighted by Gasteiger charge is 2.40. The van der Waals surface area contributed by atoms with Crippen molar-refractivity contribution < 1.29 is 23.5 Å². The van der Waals surface area contributed by atoms with Gasteiger partial charge in [-0.15, -0.1) is 0 Å². The Morgan fingerprint density at radius 2 is 2.00 bits per heavy atom. The quantitative estimate of drug-likeness (QED) is 0.890. The van der Waals surface area contributed by atoms with Crippen LogP contribution >= 0.6 is 0 Å². The molecule has 0 unspecified atom stereocenters. The second-order valence-electron chi connectivity index (χ2n) is 7.42. The lowest BCUT2D eigenvalue weighted by Gasteiger charge is -2.43. The lowest BCUT2D eigenvalue weighted by Crippen LogP contribution is -2.51. The standard InChI is InChI=1S/C19H25NO5/c1-12-16(17-14(21)3-2-4-15(17)25-12)18(22)20-13-5-8-24-19(11-13)6-9-23-10-7-19/h13H,2-11H2,1H3,(H,20,22)/t13-/m0/s1. The maximum atomic E-state index is 12.9. The third-order valence-electron chi connectivity index (χ3n) is 5.70. The molecule has 1 amide bonds. The molecule has 1 N–H and O–H groups in total. The van der Waals surface area contributed by atoms with Crippen LogP contribution < -0.4 is 5.32 Å². The highest BCUT2D eigenvalue weighted by Crippen LogP contribution is 2.35. The van der Waals surface area contributed by atoms with E-state index in [4.69, 9.17) is 13.9 Å². The fourth-order valence-corrected chi connectivity index (χ4v) is 4.38. The minimum Gasteiger partial charge on any atom is -0.465 e. The van der Waals surface area contributed by atoms with Crippen LogP contribution in [0.4, 0.5) is 0 Å². The van der Waals surface area contributed by atoms with E-state index in [1.807, 2.05) is 0 Å². The van der Waals surface area contributed by atoms with E-state index in [1.54, 1.807) is 6.92 Å². The zero-order valence-electron chi connectivity index (χ0n) is 14.7. The van der Waals surface area contributed by atoms with Gasteiger partial charge in [0.15, 0.2) is 5.78 Å². The van der Waals surface area contributed by atoms with E-state index in [1.165, 1.54) is 0 Å². The first-order valence-electron chi connectivity index (χ1n) is 9.26. The summed E-state index contributed by atoms with van der Waals surface area (Å²) in [6.07, 6.45) is 5.36. The number of ether oxygens (including phenoxy) is 2. The molecule has 136 valence electrons. The number of amides is 1. The van der Waals surface area contributed by atoms with E-state index < -0.39 is 0 Å². The Labute approximate surface area is 147 Å². The monoisotopic (exact) mass is 347 g/mol. The molecule has 0 radical (unpaired) electrons. The lowest BCUT2D eigenvalue weighted by molar-refractivity contribution is -0.139. The highest BCUT2D eigenvalue weighted by atomic mass is 16.5. The minimum absolute atomic E-state index is 0.0242. The van der Waals surface area contributed by atoms with Crippen molar-refractivity contribution in [2.24, 2.45) is 0 Å². The zero-order chi connectivity index (χ0) is 17.4. The maximum absolute atomic E-state index is 12.9. The Morgan fingerprint density at radius 1 is 1.20 bits per heavy atom. The van der Waals surface area contributed by atoms with Gasteiger partial charge < -0.3 is 19.2 Å². The average molecular weight is 347 g/mol. The Morgan fingerprint density at radius 3 is 2.80 bits per heavy atom. The second-order valence-corrected chi connectivity index (χ2v) is 7.42. The van der Waals surface area contributed by atoms with Gasteiger partial charge in [0.1, 0.15) is 11.5 Å². The van der Waals surface area contributed by atoms with Crippen LogP contribution in [0.25, 0.3) is 0 Å². The first-order valence-corrected chi connectivity index (χ1v) is 9.26. The van der Waals surface area contributed by atoms with Crippen molar-refractivity contribution in [2.45, 2.75) is 63.5 Å². The number of ketones is 1. The molecule has 6 heteroatoms.